The van der Waals surface area contributed by atoms with E-state index in [-0.39, 0.29) is 35.7 Å². The molecule has 7 N–H and O–H groups in total. The van der Waals surface area contributed by atoms with Gasteiger partial charge >= 0.3 is 5.97 Å². The van der Waals surface area contributed by atoms with Crippen molar-refractivity contribution in [1.29, 1.82) is 5.41 Å². The van der Waals surface area contributed by atoms with E-state index in [2.05, 4.69) is 49.8 Å². The van der Waals surface area contributed by atoms with Crippen LogP contribution in [0.25, 0.3) is 0 Å². The lowest BCUT2D eigenvalue weighted by Gasteiger charge is -2.22. The van der Waals surface area contributed by atoms with Crippen LogP contribution in [0.15, 0.2) is 43.0 Å². The van der Waals surface area contributed by atoms with Crippen molar-refractivity contribution in [3.8, 4) is 0 Å². The second-order valence-electron chi connectivity index (χ2n) is 7.77. The fourth-order valence-corrected chi connectivity index (χ4v) is 6.63. The molecule has 0 heterocycles. The molecule has 0 aromatic heterocycles. The Morgan fingerprint density at radius 3 is 2.43 bits per heavy atom. The maximum absolute atomic E-state index is 13.2. The minimum Gasteiger partial charge on any atom is -0.480 e. The van der Waals surface area contributed by atoms with Gasteiger partial charge in [-0.05, 0) is 68.5 Å². The highest BCUT2D eigenvalue weighted by atomic mass is 79.9. The number of guanidine groups is 1. The molecule has 16 heteroatoms. The number of hydrogen-bond donors (Lipinski definition) is 6. The smallest absolute Gasteiger partial charge is 0.320 e. The maximum atomic E-state index is 13.2. The lowest BCUT2D eigenvalue weighted by atomic mass is 10.1. The molecule has 202 valence electrons. The molecule has 37 heavy (non-hydrogen) atoms. The Morgan fingerprint density at radius 1 is 1.22 bits per heavy atom. The van der Waals surface area contributed by atoms with Gasteiger partial charge in [0.25, 0.3) is 0 Å². The summed E-state index contributed by atoms with van der Waals surface area (Å²) in [6, 6.07) is 5.20. The predicted molar refractivity (Wildman–Crippen MR) is 153 cm³/mol. The zero-order valence-electron chi connectivity index (χ0n) is 19.0. The van der Waals surface area contributed by atoms with Gasteiger partial charge in [0.15, 0.2) is 15.8 Å². The van der Waals surface area contributed by atoms with Crippen molar-refractivity contribution >= 4 is 101 Å². The first-order valence-corrected chi connectivity index (χ1v) is 14.8. The van der Waals surface area contributed by atoms with Crippen LogP contribution in [0.4, 0.5) is 5.69 Å². The Labute approximate surface area is 246 Å². The quantitative estimate of drug-likeness (QED) is 0.114. The molecule has 0 spiro atoms. The van der Waals surface area contributed by atoms with Gasteiger partial charge in [-0.1, -0.05) is 29.3 Å². The van der Waals surface area contributed by atoms with E-state index < -0.39 is 39.5 Å². The van der Waals surface area contributed by atoms with Crippen molar-refractivity contribution < 1.29 is 23.1 Å². The summed E-state index contributed by atoms with van der Waals surface area (Å²) in [7, 11) is -4.25. The summed E-state index contributed by atoms with van der Waals surface area (Å²) in [5.41, 5.74) is 12.0. The second-order valence-corrected chi connectivity index (χ2v) is 12.6. The largest absolute Gasteiger partial charge is 0.480 e. The fourth-order valence-electron chi connectivity index (χ4n) is 3.12. The molecule has 1 atom stereocenters. The predicted octanol–water partition coefficient (Wildman–Crippen LogP) is 4.11. The van der Waals surface area contributed by atoms with Crippen molar-refractivity contribution in [2.75, 3.05) is 17.6 Å². The molecule has 0 radical (unpaired) electrons. The van der Waals surface area contributed by atoms with Crippen molar-refractivity contribution in [3.05, 3.63) is 48.8 Å². The molecule has 0 saturated heterocycles. The van der Waals surface area contributed by atoms with Crippen molar-refractivity contribution in [1.82, 2.24) is 4.90 Å². The van der Waals surface area contributed by atoms with E-state index >= 15 is 0 Å². The van der Waals surface area contributed by atoms with Gasteiger partial charge in [-0.3, -0.25) is 19.9 Å². The Morgan fingerprint density at radius 2 is 1.86 bits per heavy atom. The van der Waals surface area contributed by atoms with E-state index in [0.717, 1.165) is 10.5 Å². The minimum absolute atomic E-state index is 0.00739. The Bertz CT molecular complexity index is 1330. The van der Waals surface area contributed by atoms with Crippen LogP contribution in [0.2, 0.25) is 10.0 Å². The first-order valence-electron chi connectivity index (χ1n) is 10.4. The summed E-state index contributed by atoms with van der Waals surface area (Å²) in [5.74, 6) is -3.83. The summed E-state index contributed by atoms with van der Waals surface area (Å²) < 4.78 is 27.4. The Balaban J connectivity index is 2.27. The molecule has 2 aromatic rings. The summed E-state index contributed by atoms with van der Waals surface area (Å²) in [6.07, 6.45) is 0.108. The van der Waals surface area contributed by atoms with E-state index in [1.54, 1.807) is 18.2 Å². The first kappa shape index (κ1) is 31.7. The molecule has 2 aromatic carbocycles. The molecule has 0 aliphatic heterocycles. The number of nitrogens with zero attached hydrogens (tertiary/aromatic N) is 1. The van der Waals surface area contributed by atoms with Gasteiger partial charge in [0.1, 0.15) is 11.8 Å². The highest BCUT2D eigenvalue weighted by Crippen LogP contribution is 2.40. The number of anilines is 1. The number of benzene rings is 2. The molecule has 2 rings (SSSR count). The van der Waals surface area contributed by atoms with E-state index in [0.29, 0.717) is 24.7 Å². The van der Waals surface area contributed by atoms with Gasteiger partial charge in [0, 0.05) is 22.5 Å². The number of nitrogens with two attached hydrogens (primary N) is 2. The highest BCUT2D eigenvalue weighted by molar-refractivity contribution is 9.13. The van der Waals surface area contributed by atoms with Crippen LogP contribution in [0.5, 0.6) is 0 Å². The number of carbonyl (C=O) groups excluding carboxylic acids is 1. The Hall–Kier alpha value is -1.55. The zero-order valence-corrected chi connectivity index (χ0v) is 25.4. The van der Waals surface area contributed by atoms with Crippen LogP contribution in [0.1, 0.15) is 18.4 Å². The van der Waals surface area contributed by atoms with Crippen molar-refractivity contribution in [2.45, 2.75) is 35.2 Å². The molecule has 10 nitrogen and oxygen atoms in total. The van der Waals surface area contributed by atoms with Gasteiger partial charge in [0.05, 0.1) is 25.1 Å². The normalized spacial score (nSPS) is 12.2. The lowest BCUT2D eigenvalue weighted by Crippen LogP contribution is -2.45. The zero-order chi connectivity index (χ0) is 28.1. The SMILES string of the molecule is N=C(N)N(CCCC(N)C(=O)O)C(=O)CS(=O)(=O)c1cc(Br)c(Br)c(NCc2ccc(Cl)c(Cl)c2)c1S. The third kappa shape index (κ3) is 8.47. The van der Waals surface area contributed by atoms with E-state index in [1.807, 2.05) is 0 Å². The number of carboxylic acids is 1. The monoisotopic (exact) mass is 717 g/mol. The number of hydrogen-bond acceptors (Lipinski definition) is 8. The number of halogens is 4. The maximum Gasteiger partial charge on any atom is 0.320 e. The Kier molecular flexibility index (Phi) is 11.5. The van der Waals surface area contributed by atoms with E-state index in [4.69, 9.17) is 45.2 Å². The molecule has 0 bridgehead atoms. The summed E-state index contributed by atoms with van der Waals surface area (Å²) >= 11 is 23.1. The first-order chi connectivity index (χ1) is 17.2. The van der Waals surface area contributed by atoms with Gasteiger partial charge in [0.2, 0.25) is 5.91 Å². The molecule has 1 amide bonds. The number of rotatable bonds is 11. The number of sulfone groups is 1. The molecule has 1 unspecified atom stereocenters. The highest BCUT2D eigenvalue weighted by Gasteiger charge is 2.29. The molecule has 0 aliphatic rings. The fraction of sp³-hybridized carbons (Fsp3) is 0.286. The van der Waals surface area contributed by atoms with Gasteiger partial charge in [-0.15, -0.1) is 12.6 Å². The van der Waals surface area contributed by atoms with Gasteiger partial charge in [-0.2, -0.15) is 0 Å². The average Bonchev–Trinajstić information content (AvgIpc) is 2.80. The van der Waals surface area contributed by atoms with Crippen LogP contribution in [-0.2, 0) is 26.0 Å². The van der Waals surface area contributed by atoms with Crippen molar-refractivity contribution in [3.63, 3.8) is 0 Å². The average molecular weight is 720 g/mol. The number of nitrogens with one attached hydrogen (secondary N) is 2. The van der Waals surface area contributed by atoms with Crippen LogP contribution in [-0.4, -0.2) is 54.6 Å². The number of thiol groups is 1. The van der Waals surface area contributed by atoms with Crippen LogP contribution in [0, 0.1) is 5.41 Å². The summed E-state index contributed by atoms with van der Waals surface area (Å²) in [4.78, 5) is 24.3. The van der Waals surface area contributed by atoms with Crippen molar-refractivity contribution in [2.24, 2.45) is 11.5 Å². The molecule has 0 saturated carbocycles. The lowest BCUT2D eigenvalue weighted by molar-refractivity contribution is -0.138. The molecular weight excluding hydrogens is 697 g/mol. The number of carbonyl (C=O) groups is 2. The molecular formula is C21H23Br2Cl2N5O5S2. The standard InChI is InChI=1S/C21H23Br2Cl2N5O5S2/c22-11-7-15(19(36)18(17(11)23)29-8-10-3-4-12(24)13(25)6-10)37(34,35)9-16(31)30(21(27)28)5-1-2-14(26)20(32)33/h3-4,6-7,14,29,36H,1-2,5,8-9,26H2,(H3,27,28)(H,32,33). The van der Waals surface area contributed by atoms with Gasteiger partial charge in [-0.25, -0.2) is 8.42 Å². The van der Waals surface area contributed by atoms with Crippen LogP contribution >= 0.6 is 67.7 Å². The second kappa shape index (κ2) is 13.5. The summed E-state index contributed by atoms with van der Waals surface area (Å²) in [5, 5.41) is 20.4. The van der Waals surface area contributed by atoms with Crippen LogP contribution < -0.4 is 16.8 Å². The number of carboxylic acid groups (broad SMARTS) is 1. The number of amides is 1. The number of aliphatic carboxylic acids is 1. The summed E-state index contributed by atoms with van der Waals surface area (Å²) in [6.45, 7) is 0.0907. The third-order valence-electron chi connectivity index (χ3n) is 5.06. The van der Waals surface area contributed by atoms with Gasteiger partial charge < -0.3 is 21.9 Å². The van der Waals surface area contributed by atoms with E-state index in [1.165, 1.54) is 6.07 Å². The minimum atomic E-state index is -4.25. The topological polar surface area (TPSA) is 180 Å². The molecule has 0 aliphatic carbocycles. The van der Waals surface area contributed by atoms with E-state index in [9.17, 15) is 18.0 Å². The molecule has 0 fully saturated rings. The van der Waals surface area contributed by atoms with Crippen LogP contribution in [0.3, 0.4) is 0 Å². The third-order valence-corrected chi connectivity index (χ3v) is 10.0.